The van der Waals surface area contributed by atoms with E-state index in [4.69, 9.17) is 5.73 Å². The highest BCUT2D eigenvalue weighted by Crippen LogP contribution is 2.31. The lowest BCUT2D eigenvalue weighted by Crippen LogP contribution is -2.27. The third kappa shape index (κ3) is 2.20. The zero-order valence-electron chi connectivity index (χ0n) is 9.34. The van der Waals surface area contributed by atoms with E-state index in [1.165, 1.54) is 18.2 Å². The molecule has 6 nitrogen and oxygen atoms in total. The van der Waals surface area contributed by atoms with Crippen LogP contribution in [-0.4, -0.2) is 16.9 Å². The fraction of sp³-hybridized carbons (Fsp3) is 0.364. The number of benzene rings is 1. The minimum Gasteiger partial charge on any atom is -0.393 e. The van der Waals surface area contributed by atoms with E-state index in [1.54, 1.807) is 0 Å². The van der Waals surface area contributed by atoms with E-state index in [1.807, 2.05) is 6.92 Å². The van der Waals surface area contributed by atoms with Crippen LogP contribution in [0.15, 0.2) is 18.2 Å². The highest BCUT2D eigenvalue weighted by atomic mass is 16.6. The maximum Gasteiger partial charge on any atom is 0.304 e. The van der Waals surface area contributed by atoms with Crippen molar-refractivity contribution in [1.82, 2.24) is 5.32 Å². The van der Waals surface area contributed by atoms with E-state index >= 15 is 0 Å². The molecule has 6 heteroatoms. The topological polar surface area (TPSA) is 98.3 Å². The second-order valence-corrected chi connectivity index (χ2v) is 4.29. The zero-order valence-corrected chi connectivity index (χ0v) is 9.34. The van der Waals surface area contributed by atoms with Gasteiger partial charge in [0.2, 0.25) is 0 Å². The number of carbonyl (C=O) groups excluding carboxylic acids is 1. The third-order valence-electron chi connectivity index (χ3n) is 2.92. The van der Waals surface area contributed by atoms with Gasteiger partial charge in [0.05, 0.1) is 4.92 Å². The molecule has 90 valence electrons. The SMILES string of the molecule is CC1CC1NC(=O)c1cccc(N)c1[N+](=O)[O-]. The third-order valence-corrected chi connectivity index (χ3v) is 2.92. The number of rotatable bonds is 3. The number of hydrogen-bond donors (Lipinski definition) is 2. The van der Waals surface area contributed by atoms with Crippen molar-refractivity contribution in [3.63, 3.8) is 0 Å². The van der Waals surface area contributed by atoms with Crippen molar-refractivity contribution in [3.05, 3.63) is 33.9 Å². The van der Waals surface area contributed by atoms with Gasteiger partial charge in [-0.3, -0.25) is 14.9 Å². The fourth-order valence-electron chi connectivity index (χ4n) is 1.72. The minimum absolute atomic E-state index is 0.00601. The number of nitrogen functional groups attached to an aromatic ring is 1. The van der Waals surface area contributed by atoms with Crippen LogP contribution < -0.4 is 11.1 Å². The summed E-state index contributed by atoms with van der Waals surface area (Å²) >= 11 is 0. The molecule has 1 fully saturated rings. The molecule has 3 N–H and O–H groups in total. The Morgan fingerprint density at radius 1 is 1.59 bits per heavy atom. The first-order chi connectivity index (χ1) is 8.00. The molecule has 1 amide bonds. The number of nitrogens with two attached hydrogens (primary N) is 1. The van der Waals surface area contributed by atoms with Crippen LogP contribution in [0.3, 0.4) is 0 Å². The Balaban J connectivity index is 2.28. The molecule has 2 unspecified atom stereocenters. The molecule has 1 aliphatic rings. The minimum atomic E-state index is -0.624. The van der Waals surface area contributed by atoms with Crippen LogP contribution in [0.2, 0.25) is 0 Å². The van der Waals surface area contributed by atoms with E-state index in [9.17, 15) is 14.9 Å². The van der Waals surface area contributed by atoms with Gasteiger partial charge in [-0.25, -0.2) is 0 Å². The smallest absolute Gasteiger partial charge is 0.304 e. The van der Waals surface area contributed by atoms with E-state index in [0.29, 0.717) is 5.92 Å². The van der Waals surface area contributed by atoms with E-state index in [-0.39, 0.29) is 23.0 Å². The summed E-state index contributed by atoms with van der Waals surface area (Å²) in [6.07, 6.45) is 0.919. The van der Waals surface area contributed by atoms with Crippen molar-refractivity contribution in [3.8, 4) is 0 Å². The summed E-state index contributed by atoms with van der Waals surface area (Å²) in [5, 5.41) is 13.6. The van der Waals surface area contributed by atoms with E-state index < -0.39 is 10.8 Å². The summed E-state index contributed by atoms with van der Waals surface area (Å²) in [4.78, 5) is 22.1. The summed E-state index contributed by atoms with van der Waals surface area (Å²) in [6, 6.07) is 4.49. The van der Waals surface area contributed by atoms with Gasteiger partial charge in [0.1, 0.15) is 11.3 Å². The highest BCUT2D eigenvalue weighted by Gasteiger charge is 2.35. The molecular weight excluding hydrogens is 222 g/mol. The average Bonchev–Trinajstić information content (AvgIpc) is 2.93. The lowest BCUT2D eigenvalue weighted by Gasteiger charge is -2.06. The maximum atomic E-state index is 11.8. The monoisotopic (exact) mass is 235 g/mol. The van der Waals surface area contributed by atoms with Crippen molar-refractivity contribution >= 4 is 17.3 Å². The van der Waals surface area contributed by atoms with Crippen LogP contribution in [0.1, 0.15) is 23.7 Å². The number of anilines is 1. The molecule has 1 aromatic rings. The number of hydrogen-bond acceptors (Lipinski definition) is 4. The predicted octanol–water partition coefficient (Wildman–Crippen LogP) is 1.32. The number of nitrogens with one attached hydrogen (secondary N) is 1. The first-order valence-electron chi connectivity index (χ1n) is 5.34. The van der Waals surface area contributed by atoms with Crippen LogP contribution in [0.25, 0.3) is 0 Å². The molecule has 0 heterocycles. The van der Waals surface area contributed by atoms with E-state index in [2.05, 4.69) is 5.32 Å². The summed E-state index contributed by atoms with van der Waals surface area (Å²) in [5.74, 6) is 0.0115. The van der Waals surface area contributed by atoms with Gasteiger partial charge < -0.3 is 11.1 Å². The predicted molar refractivity (Wildman–Crippen MR) is 62.5 cm³/mol. The second-order valence-electron chi connectivity index (χ2n) is 4.29. The molecule has 0 aromatic heterocycles. The van der Waals surface area contributed by atoms with Gasteiger partial charge in [0.15, 0.2) is 0 Å². The number of nitro groups is 1. The highest BCUT2D eigenvalue weighted by molar-refractivity contribution is 6.00. The molecule has 1 aromatic carbocycles. The van der Waals surface area contributed by atoms with E-state index in [0.717, 1.165) is 6.42 Å². The molecule has 1 aliphatic carbocycles. The molecule has 0 radical (unpaired) electrons. The lowest BCUT2D eigenvalue weighted by molar-refractivity contribution is -0.384. The number of nitro benzene ring substituents is 1. The Kier molecular flexibility index (Phi) is 2.71. The molecule has 0 aliphatic heterocycles. The Hall–Kier alpha value is -2.11. The summed E-state index contributed by atoms with van der Waals surface area (Å²) < 4.78 is 0. The Labute approximate surface area is 98.0 Å². The second kappa shape index (κ2) is 4.04. The summed E-state index contributed by atoms with van der Waals surface area (Å²) in [6.45, 7) is 2.01. The fourth-order valence-corrected chi connectivity index (χ4v) is 1.72. The van der Waals surface area contributed by atoms with Crippen LogP contribution in [0.5, 0.6) is 0 Å². The molecule has 1 saturated carbocycles. The zero-order chi connectivity index (χ0) is 12.6. The largest absolute Gasteiger partial charge is 0.393 e. The molecule has 0 saturated heterocycles. The number of carbonyl (C=O) groups is 1. The Morgan fingerprint density at radius 3 is 2.76 bits per heavy atom. The molecule has 0 spiro atoms. The van der Waals surface area contributed by atoms with Gasteiger partial charge in [-0.2, -0.15) is 0 Å². The lowest BCUT2D eigenvalue weighted by atomic mass is 10.1. The van der Waals surface area contributed by atoms with Gasteiger partial charge in [-0.1, -0.05) is 13.0 Å². The van der Waals surface area contributed by atoms with Crippen molar-refractivity contribution in [1.29, 1.82) is 0 Å². The van der Waals surface area contributed by atoms with Crippen LogP contribution in [0.4, 0.5) is 11.4 Å². The summed E-state index contributed by atoms with van der Waals surface area (Å²) in [7, 11) is 0. The van der Waals surface area contributed by atoms with Gasteiger partial charge in [0, 0.05) is 6.04 Å². The van der Waals surface area contributed by atoms with Gasteiger partial charge >= 0.3 is 5.69 Å². The van der Waals surface area contributed by atoms with Crippen molar-refractivity contribution < 1.29 is 9.72 Å². The van der Waals surface area contributed by atoms with Crippen LogP contribution in [-0.2, 0) is 0 Å². The Bertz CT molecular complexity index is 487. The molecule has 0 bridgehead atoms. The molecular formula is C11H13N3O3. The summed E-state index contributed by atoms with van der Waals surface area (Å²) in [5.41, 5.74) is 5.22. The van der Waals surface area contributed by atoms with Crippen LogP contribution >= 0.6 is 0 Å². The van der Waals surface area contributed by atoms with Crippen molar-refractivity contribution in [2.24, 2.45) is 5.92 Å². The van der Waals surface area contributed by atoms with Gasteiger partial charge in [-0.15, -0.1) is 0 Å². The van der Waals surface area contributed by atoms with Gasteiger partial charge in [-0.05, 0) is 24.5 Å². The quantitative estimate of drug-likeness (QED) is 0.469. The standard InChI is InChI=1S/C11H13N3O3/c1-6-5-9(6)13-11(15)7-3-2-4-8(12)10(7)14(16)17/h2-4,6,9H,5,12H2,1H3,(H,13,15). The number of amides is 1. The van der Waals surface area contributed by atoms with Crippen molar-refractivity contribution in [2.75, 3.05) is 5.73 Å². The number of nitrogens with zero attached hydrogens (tertiary/aromatic N) is 1. The Morgan fingerprint density at radius 2 is 2.24 bits per heavy atom. The molecule has 2 rings (SSSR count). The number of para-hydroxylation sites is 1. The maximum absolute atomic E-state index is 11.8. The first kappa shape index (κ1) is 11.4. The van der Waals surface area contributed by atoms with Crippen molar-refractivity contribution in [2.45, 2.75) is 19.4 Å². The van der Waals surface area contributed by atoms with Crippen LogP contribution in [0, 0.1) is 16.0 Å². The van der Waals surface area contributed by atoms with Gasteiger partial charge in [0.25, 0.3) is 5.91 Å². The molecule has 17 heavy (non-hydrogen) atoms. The normalized spacial score (nSPS) is 21.9. The molecule has 2 atom stereocenters. The first-order valence-corrected chi connectivity index (χ1v) is 5.34. The average molecular weight is 235 g/mol.